The molecule has 4 nitrogen and oxygen atoms in total. The van der Waals surface area contributed by atoms with E-state index in [1.54, 1.807) is 13.1 Å². The highest BCUT2D eigenvalue weighted by molar-refractivity contribution is 6.03. The van der Waals surface area contributed by atoms with Crippen LogP contribution < -0.4 is 5.32 Å². The first kappa shape index (κ1) is 13.9. The summed E-state index contributed by atoms with van der Waals surface area (Å²) in [6.45, 7) is 0. The summed E-state index contributed by atoms with van der Waals surface area (Å²) in [7, 11) is 1.70. The second-order valence-corrected chi connectivity index (χ2v) is 5.81. The normalized spacial score (nSPS) is 28.0. The molecule has 2 atom stereocenters. The van der Waals surface area contributed by atoms with Crippen LogP contribution in [0.5, 0.6) is 0 Å². The van der Waals surface area contributed by atoms with Crippen LogP contribution in [0, 0.1) is 5.92 Å². The molecule has 110 valence electrons. The largest absolute Gasteiger partial charge is 0.347 e. The predicted molar refractivity (Wildman–Crippen MR) is 81.1 cm³/mol. The van der Waals surface area contributed by atoms with Crippen molar-refractivity contribution >= 4 is 17.9 Å². The van der Waals surface area contributed by atoms with Crippen LogP contribution in [-0.4, -0.2) is 29.8 Å². The molecule has 0 radical (unpaired) electrons. The quantitative estimate of drug-likeness (QED) is 0.804. The van der Waals surface area contributed by atoms with E-state index in [2.05, 4.69) is 5.32 Å². The molecule has 1 heterocycles. The number of hydrogen-bond donors (Lipinski definition) is 1. The van der Waals surface area contributed by atoms with Gasteiger partial charge < -0.3 is 10.2 Å². The maximum atomic E-state index is 12.6. The average Bonchev–Trinajstić information content (AvgIpc) is 2.60. The van der Waals surface area contributed by atoms with Crippen LogP contribution >= 0.6 is 0 Å². The molecule has 1 N–H and O–H groups in total. The number of nitrogens with one attached hydrogen (secondary N) is 1. The Bertz CT molecular complexity index is 580. The van der Waals surface area contributed by atoms with Crippen LogP contribution in [0.1, 0.15) is 31.2 Å². The smallest absolute Gasteiger partial charge is 0.268 e. The third-order valence-corrected chi connectivity index (χ3v) is 4.43. The Labute approximate surface area is 124 Å². The summed E-state index contributed by atoms with van der Waals surface area (Å²) < 4.78 is 0. The SMILES string of the molecule is CN1C(=O)C2CCCCC2NC(=O)/C1=C/c1ccccc1. The molecule has 0 spiro atoms. The fourth-order valence-electron chi connectivity index (χ4n) is 3.23. The Morgan fingerprint density at radius 1 is 1.14 bits per heavy atom. The number of rotatable bonds is 1. The third-order valence-electron chi connectivity index (χ3n) is 4.43. The van der Waals surface area contributed by atoms with Crippen LogP contribution in [0.15, 0.2) is 36.0 Å². The lowest BCUT2D eigenvalue weighted by atomic mass is 9.84. The summed E-state index contributed by atoms with van der Waals surface area (Å²) in [4.78, 5) is 26.6. The lowest BCUT2D eigenvalue weighted by molar-refractivity contribution is -0.133. The molecule has 0 bridgehead atoms. The monoisotopic (exact) mass is 284 g/mol. The molecule has 1 aliphatic carbocycles. The van der Waals surface area contributed by atoms with Crippen molar-refractivity contribution in [2.45, 2.75) is 31.7 Å². The molecule has 1 saturated carbocycles. The minimum atomic E-state index is -0.149. The lowest BCUT2D eigenvalue weighted by Crippen LogP contribution is -2.42. The van der Waals surface area contributed by atoms with Gasteiger partial charge >= 0.3 is 0 Å². The van der Waals surface area contributed by atoms with E-state index in [1.807, 2.05) is 30.3 Å². The molecule has 1 saturated heterocycles. The standard InChI is InChI=1S/C17H20N2O2/c1-19-15(11-12-7-3-2-4-8-12)16(20)18-14-10-6-5-9-13(14)17(19)21/h2-4,7-8,11,13-14H,5-6,9-10H2,1H3,(H,18,20)/b15-11-. The Morgan fingerprint density at radius 3 is 2.62 bits per heavy atom. The van der Waals surface area contributed by atoms with Crippen molar-refractivity contribution < 1.29 is 9.59 Å². The number of amides is 2. The van der Waals surface area contributed by atoms with Gasteiger partial charge in [0, 0.05) is 13.1 Å². The number of benzene rings is 1. The molecular formula is C17H20N2O2. The van der Waals surface area contributed by atoms with Gasteiger partial charge in [0.15, 0.2) is 0 Å². The van der Waals surface area contributed by atoms with E-state index < -0.39 is 0 Å². The highest BCUT2D eigenvalue weighted by Crippen LogP contribution is 2.29. The number of nitrogens with zero attached hydrogens (tertiary/aromatic N) is 1. The van der Waals surface area contributed by atoms with Crippen molar-refractivity contribution in [2.24, 2.45) is 5.92 Å². The Hall–Kier alpha value is -2.10. The van der Waals surface area contributed by atoms with E-state index in [0.717, 1.165) is 31.2 Å². The molecule has 3 rings (SSSR count). The van der Waals surface area contributed by atoms with Crippen LogP contribution in [0.25, 0.3) is 6.08 Å². The zero-order valence-electron chi connectivity index (χ0n) is 12.2. The summed E-state index contributed by atoms with van der Waals surface area (Å²) in [5, 5.41) is 3.04. The van der Waals surface area contributed by atoms with Gasteiger partial charge in [0.2, 0.25) is 5.91 Å². The van der Waals surface area contributed by atoms with Crippen LogP contribution in [0.3, 0.4) is 0 Å². The zero-order valence-corrected chi connectivity index (χ0v) is 12.2. The van der Waals surface area contributed by atoms with Crippen molar-refractivity contribution in [2.75, 3.05) is 7.05 Å². The van der Waals surface area contributed by atoms with E-state index in [1.165, 1.54) is 4.90 Å². The number of hydrogen-bond acceptors (Lipinski definition) is 2. The number of fused-ring (bicyclic) bond motifs is 1. The lowest BCUT2D eigenvalue weighted by Gasteiger charge is -2.29. The van der Waals surface area contributed by atoms with Gasteiger partial charge in [0.1, 0.15) is 5.70 Å². The fourth-order valence-corrected chi connectivity index (χ4v) is 3.23. The van der Waals surface area contributed by atoms with E-state index in [4.69, 9.17) is 0 Å². The van der Waals surface area contributed by atoms with E-state index in [0.29, 0.717) is 5.70 Å². The summed E-state index contributed by atoms with van der Waals surface area (Å²) in [6, 6.07) is 9.61. The van der Waals surface area contributed by atoms with E-state index in [-0.39, 0.29) is 23.8 Å². The average molecular weight is 284 g/mol. The maximum Gasteiger partial charge on any atom is 0.268 e. The topological polar surface area (TPSA) is 49.4 Å². The van der Waals surface area contributed by atoms with Crippen molar-refractivity contribution in [1.82, 2.24) is 10.2 Å². The zero-order chi connectivity index (χ0) is 14.8. The van der Waals surface area contributed by atoms with Crippen LogP contribution in [0.2, 0.25) is 0 Å². The summed E-state index contributed by atoms with van der Waals surface area (Å²) >= 11 is 0. The molecule has 0 aromatic heterocycles. The third kappa shape index (κ3) is 2.71. The van der Waals surface area contributed by atoms with Crippen molar-refractivity contribution in [3.8, 4) is 0 Å². The maximum absolute atomic E-state index is 12.6. The number of carbonyl (C=O) groups is 2. The van der Waals surface area contributed by atoms with Crippen LogP contribution in [-0.2, 0) is 9.59 Å². The molecule has 4 heteroatoms. The molecule has 2 unspecified atom stereocenters. The molecule has 2 fully saturated rings. The second kappa shape index (κ2) is 5.72. The van der Waals surface area contributed by atoms with Crippen molar-refractivity contribution in [3.05, 3.63) is 41.6 Å². The highest BCUT2D eigenvalue weighted by Gasteiger charge is 2.39. The number of carbonyl (C=O) groups excluding carboxylic acids is 2. The van der Waals surface area contributed by atoms with E-state index in [9.17, 15) is 9.59 Å². The predicted octanol–water partition coefficient (Wildman–Crippen LogP) is 2.17. The van der Waals surface area contributed by atoms with Gasteiger partial charge in [-0.15, -0.1) is 0 Å². The van der Waals surface area contributed by atoms with Crippen molar-refractivity contribution in [1.29, 1.82) is 0 Å². The molecule has 1 aromatic carbocycles. The summed E-state index contributed by atoms with van der Waals surface area (Å²) in [5.41, 5.74) is 1.35. The van der Waals surface area contributed by atoms with Gasteiger partial charge in [-0.3, -0.25) is 9.59 Å². The summed E-state index contributed by atoms with van der Waals surface area (Å²) in [6.07, 6.45) is 5.69. The highest BCUT2D eigenvalue weighted by atomic mass is 16.2. The second-order valence-electron chi connectivity index (χ2n) is 5.81. The first-order valence-corrected chi connectivity index (χ1v) is 7.52. The van der Waals surface area contributed by atoms with Gasteiger partial charge in [-0.1, -0.05) is 43.2 Å². The Morgan fingerprint density at radius 2 is 1.86 bits per heavy atom. The molecule has 1 aliphatic heterocycles. The molecule has 21 heavy (non-hydrogen) atoms. The minimum absolute atomic E-state index is 0.0112. The molecule has 2 amide bonds. The van der Waals surface area contributed by atoms with Gasteiger partial charge in [0.05, 0.1) is 5.92 Å². The molecule has 2 aliphatic rings. The van der Waals surface area contributed by atoms with E-state index >= 15 is 0 Å². The Kier molecular flexibility index (Phi) is 3.78. The molecular weight excluding hydrogens is 264 g/mol. The fraction of sp³-hybridized carbons (Fsp3) is 0.412. The van der Waals surface area contributed by atoms with Gasteiger partial charge in [0.25, 0.3) is 5.91 Å². The minimum Gasteiger partial charge on any atom is -0.347 e. The van der Waals surface area contributed by atoms with Crippen molar-refractivity contribution in [3.63, 3.8) is 0 Å². The first-order valence-electron chi connectivity index (χ1n) is 7.52. The summed E-state index contributed by atoms with van der Waals surface area (Å²) in [5.74, 6) is -0.168. The van der Waals surface area contributed by atoms with Gasteiger partial charge in [-0.25, -0.2) is 0 Å². The first-order chi connectivity index (χ1) is 10.2. The Balaban J connectivity index is 1.95. The molecule has 1 aromatic rings. The number of likely N-dealkylation sites (N-methyl/N-ethyl adjacent to an activating group) is 1. The van der Waals surface area contributed by atoms with Gasteiger partial charge in [-0.2, -0.15) is 0 Å². The van der Waals surface area contributed by atoms with Crippen LogP contribution in [0.4, 0.5) is 0 Å². The van der Waals surface area contributed by atoms with Gasteiger partial charge in [-0.05, 0) is 24.5 Å².